The van der Waals surface area contributed by atoms with Gasteiger partial charge in [0.1, 0.15) is 5.78 Å². The lowest BCUT2D eigenvalue weighted by atomic mass is 10.2. The van der Waals surface area contributed by atoms with Crippen molar-refractivity contribution < 1.29 is 18.7 Å². The van der Waals surface area contributed by atoms with Crippen LogP contribution in [-0.4, -0.2) is 24.5 Å². The number of alkyl halides is 1. The van der Waals surface area contributed by atoms with E-state index in [1.807, 2.05) is 0 Å². The fourth-order valence-corrected chi connectivity index (χ4v) is 0.590. The predicted octanol–water partition coefficient (Wildman–Crippen LogP) is 1.66. The lowest BCUT2D eigenvalue weighted by Gasteiger charge is -1.98. The standard InChI is InChI=1S/C5H9FO2.C3H6O/c1-4(2)5(6,7-3)8-4;1-3(2)4/h1-3H3;1-2H3. The third kappa shape index (κ3) is 2.87. The second-order valence-corrected chi connectivity index (χ2v) is 3.26. The van der Waals surface area contributed by atoms with Gasteiger partial charge >= 0.3 is 6.04 Å². The van der Waals surface area contributed by atoms with Crippen LogP contribution in [0.3, 0.4) is 0 Å². The molecule has 0 aromatic heterocycles. The zero-order chi connectivity index (χ0) is 9.99. The van der Waals surface area contributed by atoms with Crippen molar-refractivity contribution in [1.29, 1.82) is 0 Å². The Kier molecular flexibility index (Phi) is 3.35. The largest absolute Gasteiger partial charge is 0.350 e. The van der Waals surface area contributed by atoms with E-state index in [1.165, 1.54) is 21.0 Å². The molecule has 1 unspecified atom stereocenters. The second-order valence-electron chi connectivity index (χ2n) is 3.26. The van der Waals surface area contributed by atoms with Crippen LogP contribution in [0.1, 0.15) is 27.7 Å². The van der Waals surface area contributed by atoms with Gasteiger partial charge < -0.3 is 14.3 Å². The number of carbonyl (C=O) groups is 1. The highest BCUT2D eigenvalue weighted by molar-refractivity contribution is 5.72. The monoisotopic (exact) mass is 178 g/mol. The van der Waals surface area contributed by atoms with E-state index in [2.05, 4.69) is 9.47 Å². The Balaban J connectivity index is 0.000000261. The molecule has 1 aliphatic rings. The maximum Gasteiger partial charge on any atom is 0.350 e. The first kappa shape index (κ1) is 11.5. The van der Waals surface area contributed by atoms with E-state index in [4.69, 9.17) is 0 Å². The summed E-state index contributed by atoms with van der Waals surface area (Å²) in [6, 6.07) is -1.81. The van der Waals surface area contributed by atoms with Crippen molar-refractivity contribution in [3.8, 4) is 0 Å². The second kappa shape index (κ2) is 3.49. The SMILES string of the molecule is CC(C)=O.COC1(F)OC1(C)C. The molecule has 0 aliphatic carbocycles. The average Bonchev–Trinajstić information content (AvgIpc) is 2.32. The first-order chi connectivity index (χ1) is 5.25. The molecule has 1 fully saturated rings. The van der Waals surface area contributed by atoms with Crippen molar-refractivity contribution in [1.82, 2.24) is 0 Å². The number of ketones is 1. The number of ether oxygens (including phenoxy) is 2. The molecule has 0 amide bonds. The van der Waals surface area contributed by atoms with E-state index in [9.17, 15) is 9.18 Å². The lowest BCUT2D eigenvalue weighted by Crippen LogP contribution is -2.16. The van der Waals surface area contributed by atoms with E-state index in [0.717, 1.165) is 0 Å². The molecule has 12 heavy (non-hydrogen) atoms. The Morgan fingerprint density at radius 3 is 1.67 bits per heavy atom. The Labute approximate surface area is 71.8 Å². The molecule has 0 spiro atoms. The number of hydrogen-bond donors (Lipinski definition) is 0. The van der Waals surface area contributed by atoms with Crippen molar-refractivity contribution >= 4 is 5.78 Å². The van der Waals surface area contributed by atoms with E-state index in [-0.39, 0.29) is 5.78 Å². The smallest absolute Gasteiger partial charge is 0.325 e. The molecule has 1 aliphatic heterocycles. The molecule has 0 aromatic carbocycles. The number of carbonyl (C=O) groups excluding carboxylic acids is 1. The first-order valence-electron chi connectivity index (χ1n) is 3.66. The summed E-state index contributed by atoms with van der Waals surface area (Å²) in [4.78, 5) is 9.44. The minimum Gasteiger partial charge on any atom is -0.325 e. The quantitative estimate of drug-likeness (QED) is 0.573. The molecule has 3 nitrogen and oxygen atoms in total. The van der Waals surface area contributed by atoms with Crippen LogP contribution in [0.15, 0.2) is 0 Å². The van der Waals surface area contributed by atoms with Gasteiger partial charge in [-0.15, -0.1) is 0 Å². The maximum atomic E-state index is 12.6. The van der Waals surface area contributed by atoms with Crippen LogP contribution in [0.25, 0.3) is 0 Å². The third-order valence-electron chi connectivity index (χ3n) is 1.33. The molecule has 0 saturated carbocycles. The van der Waals surface area contributed by atoms with Gasteiger partial charge in [0.2, 0.25) is 0 Å². The van der Waals surface area contributed by atoms with Crippen LogP contribution in [0.5, 0.6) is 0 Å². The number of hydrogen-bond acceptors (Lipinski definition) is 3. The van der Waals surface area contributed by atoms with Crippen molar-refractivity contribution in [3.05, 3.63) is 0 Å². The zero-order valence-electron chi connectivity index (χ0n) is 8.10. The highest BCUT2D eigenvalue weighted by Gasteiger charge is 2.67. The van der Waals surface area contributed by atoms with Gasteiger partial charge in [-0.25, -0.2) is 0 Å². The molecule has 0 aromatic rings. The molecule has 4 heteroatoms. The summed E-state index contributed by atoms with van der Waals surface area (Å²) in [5, 5.41) is 0. The Morgan fingerprint density at radius 1 is 1.42 bits per heavy atom. The third-order valence-corrected chi connectivity index (χ3v) is 1.33. The number of methoxy groups -OCH3 is 1. The van der Waals surface area contributed by atoms with Crippen LogP contribution in [0, 0.1) is 0 Å². The van der Waals surface area contributed by atoms with Gasteiger partial charge in [0.05, 0.1) is 0 Å². The van der Waals surface area contributed by atoms with E-state index >= 15 is 0 Å². The number of epoxide rings is 1. The molecular formula is C8H15FO3. The van der Waals surface area contributed by atoms with Crippen molar-refractivity contribution in [3.63, 3.8) is 0 Å². The van der Waals surface area contributed by atoms with Gasteiger partial charge in [0.15, 0.2) is 5.60 Å². The molecule has 72 valence electrons. The Bertz CT molecular complexity index is 175. The van der Waals surface area contributed by atoms with Gasteiger partial charge in [-0.05, 0) is 27.7 Å². The number of Topliss-reactive ketones (excluding diaryl/α,β-unsaturated/α-hetero) is 1. The summed E-state index contributed by atoms with van der Waals surface area (Å²) in [6.45, 7) is 6.33. The van der Waals surface area contributed by atoms with Crippen LogP contribution >= 0.6 is 0 Å². The van der Waals surface area contributed by atoms with E-state index in [0.29, 0.717) is 0 Å². The molecule has 0 radical (unpaired) electrons. The molecule has 1 atom stereocenters. The summed E-state index contributed by atoms with van der Waals surface area (Å²) < 4.78 is 21.5. The van der Waals surface area contributed by atoms with Crippen molar-refractivity contribution in [2.24, 2.45) is 0 Å². The Hall–Kier alpha value is -0.480. The van der Waals surface area contributed by atoms with Crippen molar-refractivity contribution in [2.45, 2.75) is 39.3 Å². The van der Waals surface area contributed by atoms with Crippen LogP contribution < -0.4 is 0 Å². The van der Waals surface area contributed by atoms with Crippen molar-refractivity contribution in [2.75, 3.05) is 7.11 Å². The summed E-state index contributed by atoms with van der Waals surface area (Å²) in [5.41, 5.74) is -0.734. The Morgan fingerprint density at radius 2 is 1.67 bits per heavy atom. The molecule has 1 saturated heterocycles. The van der Waals surface area contributed by atoms with Gasteiger partial charge in [-0.3, -0.25) is 0 Å². The molecular weight excluding hydrogens is 163 g/mol. The molecule has 0 bridgehead atoms. The predicted molar refractivity (Wildman–Crippen MR) is 42.4 cm³/mol. The molecule has 0 N–H and O–H groups in total. The fraction of sp³-hybridized carbons (Fsp3) is 0.875. The summed E-state index contributed by atoms with van der Waals surface area (Å²) >= 11 is 0. The maximum absolute atomic E-state index is 12.6. The number of rotatable bonds is 1. The van der Waals surface area contributed by atoms with Crippen LogP contribution in [0.2, 0.25) is 0 Å². The van der Waals surface area contributed by atoms with E-state index < -0.39 is 11.6 Å². The highest BCUT2D eigenvalue weighted by Crippen LogP contribution is 2.48. The van der Waals surface area contributed by atoms with Gasteiger partial charge in [-0.1, -0.05) is 0 Å². The average molecular weight is 178 g/mol. The minimum atomic E-state index is -1.81. The first-order valence-corrected chi connectivity index (χ1v) is 3.66. The molecule has 1 heterocycles. The van der Waals surface area contributed by atoms with Gasteiger partial charge in [-0.2, -0.15) is 4.39 Å². The van der Waals surface area contributed by atoms with Crippen LogP contribution in [0.4, 0.5) is 4.39 Å². The topological polar surface area (TPSA) is 38.8 Å². The summed E-state index contributed by atoms with van der Waals surface area (Å²) in [6.07, 6.45) is 0. The van der Waals surface area contributed by atoms with Crippen LogP contribution in [-0.2, 0) is 14.3 Å². The lowest BCUT2D eigenvalue weighted by molar-refractivity contribution is -0.115. The summed E-state index contributed by atoms with van der Waals surface area (Å²) in [7, 11) is 1.29. The zero-order valence-corrected chi connectivity index (χ0v) is 8.10. The highest BCUT2D eigenvalue weighted by atomic mass is 19.2. The van der Waals surface area contributed by atoms with E-state index in [1.54, 1.807) is 13.8 Å². The molecule has 1 rings (SSSR count). The minimum absolute atomic E-state index is 0.167. The normalized spacial score (nSPS) is 30.2. The van der Waals surface area contributed by atoms with Gasteiger partial charge in [0, 0.05) is 7.11 Å². The van der Waals surface area contributed by atoms with Gasteiger partial charge in [0.25, 0.3) is 0 Å². The summed E-state index contributed by atoms with van der Waals surface area (Å²) in [5.74, 6) is 0.167. The fourth-order valence-electron chi connectivity index (χ4n) is 0.590. The number of halogens is 1.